The Bertz CT molecular complexity index is 1470. The van der Waals surface area contributed by atoms with Crippen LogP contribution < -0.4 is 20.5 Å². The number of amides is 3. The van der Waals surface area contributed by atoms with Crippen molar-refractivity contribution in [2.45, 2.75) is 12.5 Å². The summed E-state index contributed by atoms with van der Waals surface area (Å²) in [6, 6.07) is 13.3. The third-order valence-electron chi connectivity index (χ3n) is 8.38. The van der Waals surface area contributed by atoms with Gasteiger partial charge in [0.15, 0.2) is 0 Å². The summed E-state index contributed by atoms with van der Waals surface area (Å²) >= 11 is 0. The highest BCUT2D eigenvalue weighted by Gasteiger charge is 2.29. The van der Waals surface area contributed by atoms with Crippen LogP contribution in [0.25, 0.3) is 11.1 Å². The van der Waals surface area contributed by atoms with Gasteiger partial charge in [0.2, 0.25) is 17.7 Å². The van der Waals surface area contributed by atoms with Crippen molar-refractivity contribution < 1.29 is 71.0 Å². The summed E-state index contributed by atoms with van der Waals surface area (Å²) in [6.07, 6.45) is 0.161. The summed E-state index contributed by atoms with van der Waals surface area (Å²) in [5.41, 5.74) is 2.46. The van der Waals surface area contributed by atoms with Crippen LogP contribution in [-0.4, -0.2) is 193 Å². The van der Waals surface area contributed by atoms with Gasteiger partial charge in [0.1, 0.15) is 5.75 Å². The van der Waals surface area contributed by atoms with E-state index in [4.69, 9.17) is 47.2 Å². The molecule has 2 unspecified atom stereocenters. The SMILES string of the molecule is COCCOCCOCCNC(=O)CN(CC(=O)NCCOCCOCCOC)C(Cc1ccc(-c2ccc(OP(C)(=O)O)cc2)cc1)C(=O)NCCOCCOCCOC. The lowest BCUT2D eigenvalue weighted by Gasteiger charge is -2.30. The highest BCUT2D eigenvalue weighted by atomic mass is 31.2. The lowest BCUT2D eigenvalue weighted by Crippen LogP contribution is -2.54. The van der Waals surface area contributed by atoms with Crippen molar-refractivity contribution >= 4 is 25.3 Å². The Hall–Kier alpha value is -3.56. The molecule has 2 atom stereocenters. The number of nitrogens with zero attached hydrogens (tertiary/aromatic N) is 1. The second-order valence-electron chi connectivity index (χ2n) is 13.4. The lowest BCUT2D eigenvalue weighted by atomic mass is 9.99. The average Bonchev–Trinajstić information content (AvgIpc) is 3.23. The molecular weight excluding hydrogens is 819 g/mol. The molecule has 2 aromatic carbocycles. The van der Waals surface area contributed by atoms with Crippen LogP contribution in [0, 0.1) is 0 Å². The summed E-state index contributed by atoms with van der Waals surface area (Å²) in [6.45, 7) is 6.81. The Morgan fingerprint density at radius 3 is 1.31 bits per heavy atom. The number of carbonyl (C=O) groups is 3. The van der Waals surface area contributed by atoms with E-state index >= 15 is 0 Å². The van der Waals surface area contributed by atoms with Crippen LogP contribution in [0.1, 0.15) is 5.56 Å². The van der Waals surface area contributed by atoms with E-state index in [1.807, 2.05) is 24.3 Å². The summed E-state index contributed by atoms with van der Waals surface area (Å²) in [5, 5.41) is 8.55. The zero-order chi connectivity index (χ0) is 44.4. The molecule has 61 heavy (non-hydrogen) atoms. The van der Waals surface area contributed by atoms with Crippen LogP contribution in [0.15, 0.2) is 48.5 Å². The number of nitrogens with one attached hydrogen (secondary N) is 3. The molecule has 0 saturated heterocycles. The highest BCUT2D eigenvalue weighted by Crippen LogP contribution is 2.38. The Labute approximate surface area is 359 Å². The highest BCUT2D eigenvalue weighted by molar-refractivity contribution is 7.52. The first kappa shape index (κ1) is 53.6. The van der Waals surface area contributed by atoms with Crippen LogP contribution in [0.3, 0.4) is 0 Å². The van der Waals surface area contributed by atoms with Gasteiger partial charge in [-0.1, -0.05) is 36.4 Å². The van der Waals surface area contributed by atoms with E-state index in [1.165, 1.54) is 0 Å². The quantitative estimate of drug-likeness (QED) is 0.0549. The summed E-state index contributed by atoms with van der Waals surface area (Å²) in [7, 11) is 1.07. The van der Waals surface area contributed by atoms with Crippen LogP contribution in [0.2, 0.25) is 0 Å². The number of methoxy groups -OCH3 is 3. The predicted octanol–water partition coefficient (Wildman–Crippen LogP) is 1.15. The first-order valence-electron chi connectivity index (χ1n) is 20.2. The average molecular weight is 887 g/mol. The predicted molar refractivity (Wildman–Crippen MR) is 227 cm³/mol. The topological polar surface area (TPSA) is 220 Å². The number of hydrogen-bond acceptors (Lipinski definition) is 15. The molecule has 0 saturated carbocycles. The second kappa shape index (κ2) is 34.0. The monoisotopic (exact) mass is 886 g/mol. The fraction of sp³-hybridized carbons (Fsp3) is 0.634. The first-order valence-corrected chi connectivity index (χ1v) is 22.3. The maximum absolute atomic E-state index is 14.0. The molecule has 0 aliphatic carbocycles. The minimum Gasteiger partial charge on any atom is -0.425 e. The molecule has 4 N–H and O–H groups in total. The minimum absolute atomic E-state index is 0.161. The van der Waals surface area contributed by atoms with Gasteiger partial charge in [0.25, 0.3) is 0 Å². The molecule has 0 fully saturated rings. The zero-order valence-electron chi connectivity index (χ0n) is 36.1. The molecule has 346 valence electrons. The number of rotatable bonds is 38. The van der Waals surface area contributed by atoms with E-state index in [0.29, 0.717) is 79.3 Å². The van der Waals surface area contributed by atoms with Gasteiger partial charge >= 0.3 is 7.60 Å². The van der Waals surface area contributed by atoms with E-state index in [9.17, 15) is 23.8 Å². The molecule has 0 aliphatic rings. The Kier molecular flexibility index (Phi) is 29.9. The third kappa shape index (κ3) is 27.2. The molecule has 3 amide bonds. The molecule has 0 bridgehead atoms. The van der Waals surface area contributed by atoms with Crippen molar-refractivity contribution in [1.82, 2.24) is 20.9 Å². The maximum Gasteiger partial charge on any atom is 0.373 e. The fourth-order valence-corrected chi connectivity index (χ4v) is 5.90. The number of ether oxygens (including phenoxy) is 9. The molecule has 0 spiro atoms. The van der Waals surface area contributed by atoms with E-state index < -0.39 is 31.4 Å². The van der Waals surface area contributed by atoms with Crippen molar-refractivity contribution in [3.05, 3.63) is 54.1 Å². The Balaban J connectivity index is 2.18. The number of hydrogen-bond donors (Lipinski definition) is 4. The van der Waals surface area contributed by atoms with Gasteiger partial charge in [0, 0.05) is 47.6 Å². The molecule has 19 nitrogen and oxygen atoms in total. The molecular formula is C41H67N4O15P. The largest absolute Gasteiger partial charge is 0.425 e. The molecule has 0 aliphatic heterocycles. The molecule has 0 heterocycles. The van der Waals surface area contributed by atoms with Crippen molar-refractivity contribution in [1.29, 1.82) is 0 Å². The molecule has 0 radical (unpaired) electrons. The third-order valence-corrected chi connectivity index (χ3v) is 8.93. The van der Waals surface area contributed by atoms with Gasteiger partial charge in [-0.3, -0.25) is 19.3 Å². The van der Waals surface area contributed by atoms with E-state index in [2.05, 4.69) is 16.0 Å². The van der Waals surface area contributed by atoms with Crippen LogP contribution >= 0.6 is 7.60 Å². The zero-order valence-corrected chi connectivity index (χ0v) is 37.0. The van der Waals surface area contributed by atoms with Crippen LogP contribution in [0.5, 0.6) is 5.75 Å². The van der Waals surface area contributed by atoms with E-state index in [0.717, 1.165) is 23.4 Å². The van der Waals surface area contributed by atoms with Gasteiger partial charge in [-0.2, -0.15) is 0 Å². The Morgan fingerprint density at radius 1 is 0.557 bits per heavy atom. The lowest BCUT2D eigenvalue weighted by molar-refractivity contribution is -0.131. The summed E-state index contributed by atoms with van der Waals surface area (Å²) < 4.78 is 64.6. The Morgan fingerprint density at radius 2 is 0.918 bits per heavy atom. The molecule has 2 aromatic rings. The number of carbonyl (C=O) groups excluding carboxylic acids is 3. The van der Waals surface area contributed by atoms with Crippen molar-refractivity contribution in [3.8, 4) is 16.9 Å². The van der Waals surface area contributed by atoms with Gasteiger partial charge in [-0.15, -0.1) is 0 Å². The van der Waals surface area contributed by atoms with Crippen molar-refractivity contribution in [2.24, 2.45) is 0 Å². The first-order chi connectivity index (χ1) is 29.6. The van der Waals surface area contributed by atoms with E-state index in [1.54, 1.807) is 50.5 Å². The maximum atomic E-state index is 14.0. The second-order valence-corrected chi connectivity index (χ2v) is 15.2. The van der Waals surface area contributed by atoms with Gasteiger partial charge in [0.05, 0.1) is 118 Å². The van der Waals surface area contributed by atoms with Gasteiger partial charge in [-0.25, -0.2) is 4.57 Å². The normalized spacial score (nSPS) is 12.8. The van der Waals surface area contributed by atoms with Crippen LogP contribution in [0.4, 0.5) is 0 Å². The van der Waals surface area contributed by atoms with Crippen LogP contribution in [-0.2, 0) is 68.0 Å². The van der Waals surface area contributed by atoms with E-state index in [-0.39, 0.29) is 64.7 Å². The minimum atomic E-state index is -3.70. The van der Waals surface area contributed by atoms with Gasteiger partial charge < -0.3 is 68.0 Å². The fourth-order valence-electron chi connectivity index (χ4n) is 5.39. The summed E-state index contributed by atoms with van der Waals surface area (Å²) in [5.74, 6) is -0.931. The molecule has 0 aromatic heterocycles. The molecule has 20 heteroatoms. The van der Waals surface area contributed by atoms with Crippen molar-refractivity contribution in [3.63, 3.8) is 0 Å². The molecule has 2 rings (SSSR count). The smallest absolute Gasteiger partial charge is 0.373 e. The number of benzene rings is 2. The van der Waals surface area contributed by atoms with Gasteiger partial charge in [-0.05, 0) is 35.2 Å². The standard InChI is InChI=1S/C41H67N4O15P/c1-51-19-22-57-28-25-54-16-13-42-39(46)32-45(33-40(47)43-14-17-55-26-29-58-23-20-52-2)38(41(48)44-15-18-56-27-30-59-24-21-53-3)31-34-5-7-35(8-6-34)36-9-11-37(12-10-36)60-61(4,49)50/h5-12,38H,13-33H2,1-4H3,(H,42,46)(H,43,47)(H,44,48)(H,49,50). The summed E-state index contributed by atoms with van der Waals surface area (Å²) in [4.78, 5) is 51.8. The van der Waals surface area contributed by atoms with Crippen molar-refractivity contribution in [2.75, 3.05) is 160 Å².